The Hall–Kier alpha value is -4.20. The average Bonchev–Trinajstić information content (AvgIpc) is 3.22. The van der Waals surface area contributed by atoms with Crippen molar-refractivity contribution in [1.29, 1.82) is 0 Å². The number of carbonyl (C=O) groups is 1. The summed E-state index contributed by atoms with van der Waals surface area (Å²) in [6.07, 6.45) is 0.602. The molecule has 0 fully saturated rings. The molecule has 2 aromatic heterocycles. The molecule has 0 atom stereocenters. The molecule has 182 valence electrons. The van der Waals surface area contributed by atoms with Crippen LogP contribution in [0.3, 0.4) is 0 Å². The Labute approximate surface area is 202 Å². The molecule has 8 heteroatoms. The number of aryl methyl sites for hydroxylation is 1. The fourth-order valence-electron chi connectivity index (χ4n) is 3.90. The molecule has 1 N–H and O–H groups in total. The van der Waals surface area contributed by atoms with E-state index in [1.54, 1.807) is 40.4 Å². The van der Waals surface area contributed by atoms with E-state index in [9.17, 15) is 9.59 Å². The van der Waals surface area contributed by atoms with E-state index in [0.29, 0.717) is 52.9 Å². The number of nitrogens with one attached hydrogen (secondary N) is 1. The van der Waals surface area contributed by atoms with Crippen molar-refractivity contribution in [2.24, 2.45) is 0 Å². The van der Waals surface area contributed by atoms with Gasteiger partial charge in [-0.1, -0.05) is 6.07 Å². The van der Waals surface area contributed by atoms with Gasteiger partial charge in [0.25, 0.3) is 0 Å². The molecule has 35 heavy (non-hydrogen) atoms. The first-order valence-electron chi connectivity index (χ1n) is 11.1. The number of furan rings is 1. The second kappa shape index (κ2) is 10.4. The topological polar surface area (TPSA) is 100 Å². The molecule has 0 radical (unpaired) electrons. The molecule has 0 aliphatic carbocycles. The number of rotatable bonds is 9. The van der Waals surface area contributed by atoms with Gasteiger partial charge in [-0.15, -0.1) is 0 Å². The Balaban J connectivity index is 1.55. The van der Waals surface area contributed by atoms with E-state index in [1.807, 2.05) is 30.3 Å². The zero-order valence-electron chi connectivity index (χ0n) is 20.1. The third-order valence-electron chi connectivity index (χ3n) is 5.65. The SMILES string of the molecule is COc1ccc(-c2oc3c(=O)cc(C)oc3c2CC(=O)NCCc2ccc(OC)c(OC)c2)cc1. The van der Waals surface area contributed by atoms with E-state index >= 15 is 0 Å². The third kappa shape index (κ3) is 5.16. The van der Waals surface area contributed by atoms with E-state index < -0.39 is 0 Å². The summed E-state index contributed by atoms with van der Waals surface area (Å²) in [4.78, 5) is 25.4. The van der Waals surface area contributed by atoms with Gasteiger partial charge in [0.05, 0.1) is 33.3 Å². The second-order valence-corrected chi connectivity index (χ2v) is 7.98. The minimum Gasteiger partial charge on any atom is -0.497 e. The van der Waals surface area contributed by atoms with E-state index in [0.717, 1.165) is 5.56 Å². The number of amides is 1. The Morgan fingerprint density at radius 1 is 0.886 bits per heavy atom. The van der Waals surface area contributed by atoms with Crippen molar-refractivity contribution >= 4 is 17.1 Å². The van der Waals surface area contributed by atoms with Gasteiger partial charge >= 0.3 is 0 Å². The summed E-state index contributed by atoms with van der Waals surface area (Å²) in [7, 11) is 4.75. The molecule has 0 bridgehead atoms. The van der Waals surface area contributed by atoms with Gasteiger partial charge in [0.15, 0.2) is 17.1 Å². The van der Waals surface area contributed by atoms with Crippen molar-refractivity contribution in [3.8, 4) is 28.6 Å². The van der Waals surface area contributed by atoms with Crippen LogP contribution in [-0.4, -0.2) is 33.8 Å². The normalized spacial score (nSPS) is 10.9. The first kappa shape index (κ1) is 23.9. The molecule has 0 saturated heterocycles. The Morgan fingerprint density at radius 2 is 1.63 bits per heavy atom. The fraction of sp³-hybridized carbons (Fsp3) is 0.259. The number of carbonyl (C=O) groups excluding carboxylic acids is 1. The molecule has 0 aliphatic heterocycles. The van der Waals surface area contributed by atoms with Crippen molar-refractivity contribution in [2.45, 2.75) is 19.8 Å². The molecule has 0 unspecified atom stereocenters. The lowest BCUT2D eigenvalue weighted by Gasteiger charge is -2.10. The van der Waals surface area contributed by atoms with Crippen LogP contribution in [0.4, 0.5) is 0 Å². The molecule has 0 saturated carbocycles. The Bertz CT molecular complexity index is 1400. The maximum atomic E-state index is 12.9. The monoisotopic (exact) mass is 477 g/mol. The standard InChI is InChI=1S/C27H27NO7/c1-16-13-21(29)27-26(34-16)20(25(35-27)18-6-8-19(31-2)9-7-18)15-24(30)28-12-11-17-5-10-22(32-3)23(14-17)33-4/h5-10,13-14H,11-12,15H2,1-4H3,(H,28,30). The summed E-state index contributed by atoms with van der Waals surface area (Å²) in [6.45, 7) is 2.11. The zero-order valence-corrected chi connectivity index (χ0v) is 20.1. The van der Waals surface area contributed by atoms with Crippen LogP contribution in [0.5, 0.6) is 17.2 Å². The van der Waals surface area contributed by atoms with Crippen molar-refractivity contribution in [1.82, 2.24) is 5.32 Å². The third-order valence-corrected chi connectivity index (χ3v) is 5.65. The first-order valence-corrected chi connectivity index (χ1v) is 11.1. The number of methoxy groups -OCH3 is 3. The second-order valence-electron chi connectivity index (χ2n) is 7.98. The molecular formula is C27H27NO7. The van der Waals surface area contributed by atoms with E-state index in [1.165, 1.54) is 6.07 Å². The minimum atomic E-state index is -0.293. The van der Waals surface area contributed by atoms with Gasteiger partial charge in [0.1, 0.15) is 17.3 Å². The summed E-state index contributed by atoms with van der Waals surface area (Å²) in [6, 6.07) is 14.2. The predicted octanol–water partition coefficient (Wildman–Crippen LogP) is 4.29. The van der Waals surface area contributed by atoms with Gasteiger partial charge in [-0.2, -0.15) is 0 Å². The highest BCUT2D eigenvalue weighted by molar-refractivity contribution is 5.90. The highest BCUT2D eigenvalue weighted by Crippen LogP contribution is 2.34. The van der Waals surface area contributed by atoms with Gasteiger partial charge < -0.3 is 28.4 Å². The first-order chi connectivity index (χ1) is 16.9. The van der Waals surface area contributed by atoms with Gasteiger partial charge in [-0.3, -0.25) is 9.59 Å². The van der Waals surface area contributed by atoms with Crippen LogP contribution in [0.1, 0.15) is 16.9 Å². The molecule has 8 nitrogen and oxygen atoms in total. The molecule has 0 aliphatic rings. The van der Waals surface area contributed by atoms with Crippen LogP contribution in [-0.2, 0) is 17.6 Å². The van der Waals surface area contributed by atoms with E-state index in [4.69, 9.17) is 23.0 Å². The fourth-order valence-corrected chi connectivity index (χ4v) is 3.90. The largest absolute Gasteiger partial charge is 0.497 e. The lowest BCUT2D eigenvalue weighted by Crippen LogP contribution is -2.27. The Kier molecular flexibility index (Phi) is 7.10. The Morgan fingerprint density at radius 3 is 2.31 bits per heavy atom. The van der Waals surface area contributed by atoms with Crippen molar-refractivity contribution < 1.29 is 27.8 Å². The van der Waals surface area contributed by atoms with Crippen LogP contribution in [0.2, 0.25) is 0 Å². The highest BCUT2D eigenvalue weighted by Gasteiger charge is 2.23. The van der Waals surface area contributed by atoms with E-state index in [-0.39, 0.29) is 28.9 Å². The molecule has 4 rings (SSSR count). The van der Waals surface area contributed by atoms with Crippen LogP contribution < -0.4 is 25.0 Å². The number of hydrogen-bond acceptors (Lipinski definition) is 7. The maximum Gasteiger partial charge on any atom is 0.228 e. The molecule has 1 amide bonds. The molecular weight excluding hydrogens is 450 g/mol. The van der Waals surface area contributed by atoms with E-state index in [2.05, 4.69) is 5.32 Å². The molecule has 4 aromatic rings. The molecule has 0 spiro atoms. The van der Waals surface area contributed by atoms with Gasteiger partial charge in [-0.25, -0.2) is 0 Å². The number of ether oxygens (including phenoxy) is 3. The van der Waals surface area contributed by atoms with Gasteiger partial charge in [0.2, 0.25) is 16.9 Å². The molecule has 2 heterocycles. The summed E-state index contributed by atoms with van der Waals surface area (Å²) in [5, 5.41) is 2.93. The van der Waals surface area contributed by atoms with Crippen LogP contribution >= 0.6 is 0 Å². The van der Waals surface area contributed by atoms with Crippen LogP contribution in [0.15, 0.2) is 62.2 Å². The summed E-state index contributed by atoms with van der Waals surface area (Å²) < 4.78 is 27.6. The highest BCUT2D eigenvalue weighted by atomic mass is 16.5. The van der Waals surface area contributed by atoms with Crippen molar-refractivity contribution in [3.63, 3.8) is 0 Å². The summed E-state index contributed by atoms with van der Waals surface area (Å²) in [5.74, 6) is 2.62. The van der Waals surface area contributed by atoms with Crippen molar-refractivity contribution in [2.75, 3.05) is 27.9 Å². The van der Waals surface area contributed by atoms with Crippen LogP contribution in [0, 0.1) is 6.92 Å². The summed E-state index contributed by atoms with van der Waals surface area (Å²) in [5.41, 5.74) is 2.32. The minimum absolute atomic E-state index is 0.00725. The lowest BCUT2D eigenvalue weighted by atomic mass is 10.0. The smallest absolute Gasteiger partial charge is 0.228 e. The quantitative estimate of drug-likeness (QED) is 0.384. The molecule has 2 aromatic carbocycles. The number of fused-ring (bicyclic) bond motifs is 1. The number of benzene rings is 2. The van der Waals surface area contributed by atoms with Gasteiger partial charge in [-0.05, 0) is 55.3 Å². The van der Waals surface area contributed by atoms with Crippen molar-refractivity contribution in [3.05, 3.63) is 75.6 Å². The maximum absolute atomic E-state index is 12.9. The average molecular weight is 478 g/mol. The zero-order chi connectivity index (χ0) is 24.9. The van der Waals surface area contributed by atoms with Gasteiger partial charge in [0, 0.05) is 18.2 Å². The predicted molar refractivity (Wildman–Crippen MR) is 131 cm³/mol. The number of hydrogen-bond donors (Lipinski definition) is 1. The summed E-state index contributed by atoms with van der Waals surface area (Å²) >= 11 is 0. The lowest BCUT2D eigenvalue weighted by molar-refractivity contribution is -0.120. The van der Waals surface area contributed by atoms with Crippen LogP contribution in [0.25, 0.3) is 22.5 Å².